The summed E-state index contributed by atoms with van der Waals surface area (Å²) < 4.78 is 4.95. The van der Waals surface area contributed by atoms with Crippen LogP contribution in [0.3, 0.4) is 0 Å². The zero-order chi connectivity index (χ0) is 7.56. The molecule has 58 valence electrons. The van der Waals surface area contributed by atoms with Gasteiger partial charge in [0.15, 0.2) is 5.17 Å². The van der Waals surface area contributed by atoms with Crippen LogP contribution in [0.5, 0.6) is 0 Å². The molecule has 1 rings (SSSR count). The molecular formula is C5H10N2O2S. The van der Waals surface area contributed by atoms with E-state index in [1.807, 2.05) is 0 Å². The highest BCUT2D eigenvalue weighted by Crippen LogP contribution is 2.19. The molecule has 1 fully saturated rings. The van der Waals surface area contributed by atoms with Crippen LogP contribution in [-0.4, -0.2) is 34.8 Å². The van der Waals surface area contributed by atoms with Crippen LogP contribution in [0.25, 0.3) is 0 Å². The first-order valence-corrected chi connectivity index (χ1v) is 3.84. The molecule has 0 aromatic carbocycles. The highest BCUT2D eigenvalue weighted by molar-refractivity contribution is 8.14. The number of thioether (sulfide) groups is 1. The summed E-state index contributed by atoms with van der Waals surface area (Å²) in [4.78, 5) is 0. The Bertz CT molecular complexity index is 142. The maximum absolute atomic E-state index is 9.14. The van der Waals surface area contributed by atoms with E-state index in [9.17, 15) is 0 Å². The van der Waals surface area contributed by atoms with Gasteiger partial charge in [-0.25, -0.2) is 0 Å². The second-order valence-corrected chi connectivity index (χ2v) is 3.41. The number of nitrogens with one attached hydrogen (secondary N) is 1. The summed E-state index contributed by atoms with van der Waals surface area (Å²) >= 11 is 1.16. The molecule has 2 unspecified atom stereocenters. The number of hydrogen-bond acceptors (Lipinski definition) is 4. The molecule has 0 amide bonds. The van der Waals surface area contributed by atoms with Crippen molar-refractivity contribution >= 4 is 16.9 Å². The molecule has 0 aromatic rings. The monoisotopic (exact) mass is 162 g/mol. The third kappa shape index (κ3) is 1.86. The van der Waals surface area contributed by atoms with Crippen molar-refractivity contribution < 1.29 is 9.84 Å². The second kappa shape index (κ2) is 3.23. The summed E-state index contributed by atoms with van der Waals surface area (Å²) in [5.41, 5.74) is 5.11. The van der Waals surface area contributed by atoms with Crippen molar-refractivity contribution in [1.29, 1.82) is 5.41 Å². The first-order valence-electron chi connectivity index (χ1n) is 2.96. The number of hydrogen-bond donors (Lipinski definition) is 3. The van der Waals surface area contributed by atoms with Crippen LogP contribution in [-0.2, 0) is 4.74 Å². The fraction of sp³-hybridized carbons (Fsp3) is 0.800. The van der Waals surface area contributed by atoms with Crippen LogP contribution in [0, 0.1) is 5.41 Å². The Balaban J connectivity index is 2.33. The van der Waals surface area contributed by atoms with Gasteiger partial charge in [0.25, 0.3) is 0 Å². The standard InChI is InChI=1S/C5H10N2O2S/c6-5(7)10-4-2-9-1-3(4)8/h3-4,8H,1-2H2,(H3,6,7). The molecule has 10 heavy (non-hydrogen) atoms. The Morgan fingerprint density at radius 3 is 2.80 bits per heavy atom. The van der Waals surface area contributed by atoms with Gasteiger partial charge in [0.2, 0.25) is 0 Å². The normalized spacial score (nSPS) is 32.5. The van der Waals surface area contributed by atoms with E-state index >= 15 is 0 Å². The van der Waals surface area contributed by atoms with Gasteiger partial charge in [0.1, 0.15) is 0 Å². The van der Waals surface area contributed by atoms with E-state index in [1.54, 1.807) is 0 Å². The van der Waals surface area contributed by atoms with Crippen LogP contribution in [0.1, 0.15) is 0 Å². The molecule has 0 bridgehead atoms. The van der Waals surface area contributed by atoms with Crippen LogP contribution in [0.4, 0.5) is 0 Å². The quantitative estimate of drug-likeness (QED) is 0.354. The van der Waals surface area contributed by atoms with Crippen molar-refractivity contribution in [1.82, 2.24) is 0 Å². The van der Waals surface area contributed by atoms with Gasteiger partial charge in [-0.2, -0.15) is 0 Å². The first kappa shape index (κ1) is 7.84. The van der Waals surface area contributed by atoms with Crippen molar-refractivity contribution in [2.24, 2.45) is 5.73 Å². The zero-order valence-corrected chi connectivity index (χ0v) is 6.23. The van der Waals surface area contributed by atoms with Crippen LogP contribution in [0.2, 0.25) is 0 Å². The fourth-order valence-electron chi connectivity index (χ4n) is 0.799. The van der Waals surface area contributed by atoms with E-state index < -0.39 is 6.10 Å². The number of nitrogens with two attached hydrogens (primary N) is 1. The summed E-state index contributed by atoms with van der Waals surface area (Å²) in [6.07, 6.45) is -0.464. The molecule has 0 saturated carbocycles. The Labute approximate surface area is 63.2 Å². The average molecular weight is 162 g/mol. The van der Waals surface area contributed by atoms with E-state index in [4.69, 9.17) is 21.0 Å². The Kier molecular flexibility index (Phi) is 2.53. The maximum Gasteiger partial charge on any atom is 0.151 e. The molecule has 2 atom stereocenters. The molecule has 1 heterocycles. The number of ether oxygens (including phenoxy) is 1. The molecular weight excluding hydrogens is 152 g/mol. The smallest absolute Gasteiger partial charge is 0.151 e. The van der Waals surface area contributed by atoms with Gasteiger partial charge in [-0.3, -0.25) is 5.41 Å². The van der Waals surface area contributed by atoms with E-state index in [-0.39, 0.29) is 10.4 Å². The third-order valence-electron chi connectivity index (χ3n) is 1.28. The van der Waals surface area contributed by atoms with Crippen molar-refractivity contribution in [3.05, 3.63) is 0 Å². The molecule has 0 spiro atoms. The predicted molar refractivity (Wildman–Crippen MR) is 40.1 cm³/mol. The zero-order valence-electron chi connectivity index (χ0n) is 5.41. The van der Waals surface area contributed by atoms with Gasteiger partial charge in [0, 0.05) is 0 Å². The van der Waals surface area contributed by atoms with E-state index in [0.717, 1.165) is 11.8 Å². The third-order valence-corrected chi connectivity index (χ3v) is 2.29. The van der Waals surface area contributed by atoms with Crippen molar-refractivity contribution in [3.8, 4) is 0 Å². The molecule has 1 saturated heterocycles. The van der Waals surface area contributed by atoms with Gasteiger partial charge in [0.05, 0.1) is 24.6 Å². The van der Waals surface area contributed by atoms with Crippen LogP contribution in [0.15, 0.2) is 0 Å². The number of aliphatic hydroxyl groups excluding tert-OH is 1. The summed E-state index contributed by atoms with van der Waals surface area (Å²) in [6, 6.07) is 0. The van der Waals surface area contributed by atoms with E-state index in [0.29, 0.717) is 13.2 Å². The van der Waals surface area contributed by atoms with Gasteiger partial charge in [-0.1, -0.05) is 11.8 Å². The summed E-state index contributed by atoms with van der Waals surface area (Å²) in [7, 11) is 0. The maximum atomic E-state index is 9.14. The lowest BCUT2D eigenvalue weighted by molar-refractivity contribution is 0.127. The van der Waals surface area contributed by atoms with Crippen LogP contribution >= 0.6 is 11.8 Å². The van der Waals surface area contributed by atoms with E-state index in [1.165, 1.54) is 0 Å². The highest BCUT2D eigenvalue weighted by atomic mass is 32.2. The lowest BCUT2D eigenvalue weighted by Gasteiger charge is -2.08. The lowest BCUT2D eigenvalue weighted by atomic mass is 10.3. The average Bonchev–Trinajstić information content (AvgIpc) is 2.15. The first-order chi connectivity index (χ1) is 4.70. The summed E-state index contributed by atoms with van der Waals surface area (Å²) in [5.74, 6) is 0. The fourth-order valence-corrected chi connectivity index (χ4v) is 1.53. The van der Waals surface area contributed by atoms with Gasteiger partial charge in [-0.15, -0.1) is 0 Å². The lowest BCUT2D eigenvalue weighted by Crippen LogP contribution is -2.23. The minimum Gasteiger partial charge on any atom is -0.389 e. The van der Waals surface area contributed by atoms with Crippen LogP contribution < -0.4 is 5.73 Å². The Morgan fingerprint density at radius 2 is 2.40 bits per heavy atom. The molecule has 5 heteroatoms. The molecule has 0 radical (unpaired) electrons. The SMILES string of the molecule is N=C(N)SC1COCC1O. The van der Waals surface area contributed by atoms with Gasteiger partial charge < -0.3 is 15.6 Å². The topological polar surface area (TPSA) is 79.3 Å². The summed E-state index contributed by atoms with van der Waals surface area (Å²) in [5, 5.41) is 16.1. The van der Waals surface area contributed by atoms with Crippen molar-refractivity contribution in [2.45, 2.75) is 11.4 Å². The molecule has 0 aliphatic carbocycles. The Hall–Kier alpha value is -0.260. The van der Waals surface area contributed by atoms with Gasteiger partial charge >= 0.3 is 0 Å². The highest BCUT2D eigenvalue weighted by Gasteiger charge is 2.27. The molecule has 4 nitrogen and oxygen atoms in total. The number of aliphatic hydroxyl groups is 1. The number of amidine groups is 1. The van der Waals surface area contributed by atoms with Crippen molar-refractivity contribution in [3.63, 3.8) is 0 Å². The van der Waals surface area contributed by atoms with E-state index in [2.05, 4.69) is 0 Å². The molecule has 1 aliphatic rings. The minimum atomic E-state index is -0.464. The Morgan fingerprint density at radius 1 is 1.70 bits per heavy atom. The number of rotatable bonds is 1. The molecule has 1 aliphatic heterocycles. The predicted octanol–water partition coefficient (Wildman–Crippen LogP) is -0.627. The molecule has 0 aromatic heterocycles. The van der Waals surface area contributed by atoms with Crippen molar-refractivity contribution in [2.75, 3.05) is 13.2 Å². The second-order valence-electron chi connectivity index (χ2n) is 2.13. The minimum absolute atomic E-state index is 0.0366. The largest absolute Gasteiger partial charge is 0.389 e. The summed E-state index contributed by atoms with van der Waals surface area (Å²) in [6.45, 7) is 0.857. The van der Waals surface area contributed by atoms with Gasteiger partial charge in [-0.05, 0) is 0 Å². The molecule has 4 N–H and O–H groups in total.